The summed E-state index contributed by atoms with van der Waals surface area (Å²) >= 11 is 0. The van der Waals surface area contributed by atoms with Crippen LogP contribution in [0.2, 0.25) is 0 Å². The number of likely N-dealkylation sites (N-methyl/N-ethyl adjacent to an activating group) is 1. The maximum Gasteiger partial charge on any atom is 0.313 e. The Hall–Kier alpha value is -1.92. The highest BCUT2D eigenvalue weighted by Crippen LogP contribution is 2.18. The smallest absolute Gasteiger partial charge is 0.313 e. The molecule has 0 bridgehead atoms. The van der Waals surface area contributed by atoms with Gasteiger partial charge in [-0.2, -0.15) is 0 Å². The maximum atomic E-state index is 12.1. The second kappa shape index (κ2) is 8.64. The van der Waals surface area contributed by atoms with E-state index < -0.39 is 17.9 Å². The summed E-state index contributed by atoms with van der Waals surface area (Å²) in [5.74, 6) is -1.27. The molecule has 0 spiro atoms. The van der Waals surface area contributed by atoms with Gasteiger partial charge < -0.3 is 20.2 Å². The number of aliphatic hydroxyl groups excluding tert-OH is 1. The first-order valence-corrected chi connectivity index (χ1v) is 7.69. The molecule has 1 aromatic rings. The Morgan fingerprint density at radius 1 is 1.26 bits per heavy atom. The molecule has 0 aliphatic carbocycles. The lowest BCUT2D eigenvalue weighted by Gasteiger charge is -2.18. The minimum Gasteiger partial charge on any atom is -0.393 e. The molecule has 0 radical (unpaired) electrons. The van der Waals surface area contributed by atoms with E-state index in [0.717, 1.165) is 17.7 Å². The largest absolute Gasteiger partial charge is 0.393 e. The molecule has 1 atom stereocenters. The van der Waals surface area contributed by atoms with Gasteiger partial charge in [0, 0.05) is 25.8 Å². The number of aryl methyl sites for hydroxylation is 1. The van der Waals surface area contributed by atoms with Crippen molar-refractivity contribution in [2.24, 2.45) is 0 Å². The molecule has 0 unspecified atom stereocenters. The van der Waals surface area contributed by atoms with Crippen molar-refractivity contribution < 1.29 is 14.7 Å². The van der Waals surface area contributed by atoms with Crippen LogP contribution in [-0.2, 0) is 16.1 Å². The maximum absolute atomic E-state index is 12.1. The topological polar surface area (TPSA) is 72.9 Å². The standard InChI is InChI=1S/C17H27N3O3/c1-12-6-7-14(11-19(3)4)10-15(12)18-16(22)17(23)20(5)9-8-13(2)21/h6-7,10,13,21H,8-9,11H2,1-5H3,(H,18,22)/t13-/m1/s1. The molecule has 128 valence electrons. The van der Waals surface area contributed by atoms with Gasteiger partial charge in [-0.05, 0) is 51.6 Å². The molecule has 6 heteroatoms. The Kier molecular flexibility index (Phi) is 7.19. The molecule has 0 aliphatic rings. The Bertz CT molecular complexity index is 556. The summed E-state index contributed by atoms with van der Waals surface area (Å²) in [7, 11) is 5.50. The van der Waals surface area contributed by atoms with E-state index in [4.69, 9.17) is 0 Å². The van der Waals surface area contributed by atoms with E-state index >= 15 is 0 Å². The summed E-state index contributed by atoms with van der Waals surface area (Å²) < 4.78 is 0. The Morgan fingerprint density at radius 2 is 1.91 bits per heavy atom. The highest BCUT2D eigenvalue weighted by atomic mass is 16.3. The molecule has 0 saturated heterocycles. The quantitative estimate of drug-likeness (QED) is 0.773. The fraction of sp³-hybridized carbons (Fsp3) is 0.529. The summed E-state index contributed by atoms with van der Waals surface area (Å²) in [6.07, 6.45) is -0.0642. The first-order chi connectivity index (χ1) is 10.7. The van der Waals surface area contributed by atoms with E-state index in [0.29, 0.717) is 18.7 Å². The second-order valence-electron chi connectivity index (χ2n) is 6.21. The van der Waals surface area contributed by atoms with Gasteiger partial charge in [-0.3, -0.25) is 9.59 Å². The number of carbonyl (C=O) groups is 2. The van der Waals surface area contributed by atoms with E-state index in [1.165, 1.54) is 4.90 Å². The van der Waals surface area contributed by atoms with E-state index in [9.17, 15) is 14.7 Å². The van der Waals surface area contributed by atoms with Gasteiger partial charge in [-0.1, -0.05) is 12.1 Å². The highest BCUT2D eigenvalue weighted by Gasteiger charge is 2.19. The highest BCUT2D eigenvalue weighted by molar-refractivity contribution is 6.39. The molecule has 0 aromatic heterocycles. The Balaban J connectivity index is 2.74. The van der Waals surface area contributed by atoms with Gasteiger partial charge in [0.25, 0.3) is 0 Å². The molecule has 6 nitrogen and oxygen atoms in total. The summed E-state index contributed by atoms with van der Waals surface area (Å²) in [4.78, 5) is 27.5. The van der Waals surface area contributed by atoms with Crippen molar-refractivity contribution in [1.82, 2.24) is 9.80 Å². The third-order valence-electron chi connectivity index (χ3n) is 3.47. The minimum absolute atomic E-state index is 0.337. The van der Waals surface area contributed by atoms with Crippen LogP contribution < -0.4 is 5.32 Å². The number of nitrogens with zero attached hydrogens (tertiary/aromatic N) is 2. The van der Waals surface area contributed by atoms with E-state index in [-0.39, 0.29) is 0 Å². The molecule has 0 aliphatic heterocycles. The minimum atomic E-state index is -0.664. The zero-order chi connectivity index (χ0) is 17.6. The van der Waals surface area contributed by atoms with E-state index in [1.807, 2.05) is 44.1 Å². The average Bonchev–Trinajstić information content (AvgIpc) is 2.46. The second-order valence-corrected chi connectivity index (χ2v) is 6.21. The number of hydrogen-bond acceptors (Lipinski definition) is 4. The number of aliphatic hydroxyl groups is 1. The predicted octanol–water partition coefficient (Wildman–Crippen LogP) is 1.22. The van der Waals surface area contributed by atoms with Crippen molar-refractivity contribution in [3.05, 3.63) is 29.3 Å². The molecule has 0 saturated carbocycles. The van der Waals surface area contributed by atoms with Crippen LogP contribution in [0.1, 0.15) is 24.5 Å². The van der Waals surface area contributed by atoms with Gasteiger partial charge in [0.2, 0.25) is 0 Å². The summed E-state index contributed by atoms with van der Waals surface area (Å²) in [6, 6.07) is 5.81. The van der Waals surface area contributed by atoms with Crippen molar-refractivity contribution >= 4 is 17.5 Å². The molecular weight excluding hydrogens is 294 g/mol. The van der Waals surface area contributed by atoms with Gasteiger partial charge in [-0.15, -0.1) is 0 Å². The molecule has 2 amide bonds. The summed E-state index contributed by atoms with van der Waals surface area (Å²) in [6.45, 7) is 4.63. The molecular formula is C17H27N3O3. The van der Waals surface area contributed by atoms with Crippen LogP contribution in [-0.4, -0.2) is 60.5 Å². The normalized spacial score (nSPS) is 12.1. The first-order valence-electron chi connectivity index (χ1n) is 7.69. The number of benzene rings is 1. The van der Waals surface area contributed by atoms with E-state index in [1.54, 1.807) is 14.0 Å². The van der Waals surface area contributed by atoms with Crippen molar-refractivity contribution in [1.29, 1.82) is 0 Å². The molecule has 23 heavy (non-hydrogen) atoms. The lowest BCUT2D eigenvalue weighted by atomic mass is 10.1. The lowest BCUT2D eigenvalue weighted by molar-refractivity contribution is -0.142. The van der Waals surface area contributed by atoms with Crippen LogP contribution in [0.25, 0.3) is 0 Å². The molecule has 1 aromatic carbocycles. The van der Waals surface area contributed by atoms with Crippen LogP contribution in [0.5, 0.6) is 0 Å². The Labute approximate surface area is 138 Å². The number of carbonyl (C=O) groups excluding carboxylic acids is 2. The molecule has 0 heterocycles. The predicted molar refractivity (Wildman–Crippen MR) is 91.1 cm³/mol. The van der Waals surface area contributed by atoms with Crippen LogP contribution in [0.3, 0.4) is 0 Å². The van der Waals surface area contributed by atoms with Crippen LogP contribution in [0.4, 0.5) is 5.69 Å². The van der Waals surface area contributed by atoms with Crippen LogP contribution >= 0.6 is 0 Å². The van der Waals surface area contributed by atoms with Gasteiger partial charge in [-0.25, -0.2) is 0 Å². The van der Waals surface area contributed by atoms with Crippen molar-refractivity contribution in [3.8, 4) is 0 Å². The summed E-state index contributed by atoms with van der Waals surface area (Å²) in [5.41, 5.74) is 2.61. The fourth-order valence-electron chi connectivity index (χ4n) is 2.10. The molecule has 2 N–H and O–H groups in total. The Morgan fingerprint density at radius 3 is 2.48 bits per heavy atom. The van der Waals surface area contributed by atoms with Gasteiger partial charge >= 0.3 is 11.8 Å². The first kappa shape index (κ1) is 19.1. The number of hydrogen-bond donors (Lipinski definition) is 2. The third-order valence-corrected chi connectivity index (χ3v) is 3.47. The fourth-order valence-corrected chi connectivity index (χ4v) is 2.10. The monoisotopic (exact) mass is 321 g/mol. The number of anilines is 1. The number of amides is 2. The average molecular weight is 321 g/mol. The van der Waals surface area contributed by atoms with Crippen molar-refractivity contribution in [2.75, 3.05) is 33.0 Å². The van der Waals surface area contributed by atoms with E-state index in [2.05, 4.69) is 5.32 Å². The molecule has 1 rings (SSSR count). The zero-order valence-corrected chi connectivity index (χ0v) is 14.6. The molecule has 0 fully saturated rings. The van der Waals surface area contributed by atoms with Crippen LogP contribution in [0.15, 0.2) is 18.2 Å². The third kappa shape index (κ3) is 6.38. The lowest BCUT2D eigenvalue weighted by Crippen LogP contribution is -2.38. The zero-order valence-electron chi connectivity index (χ0n) is 14.6. The summed E-state index contributed by atoms with van der Waals surface area (Å²) in [5, 5.41) is 11.9. The van der Waals surface area contributed by atoms with Crippen molar-refractivity contribution in [2.45, 2.75) is 32.9 Å². The number of nitrogens with one attached hydrogen (secondary N) is 1. The van der Waals surface area contributed by atoms with Crippen LogP contribution in [0, 0.1) is 6.92 Å². The SMILES string of the molecule is Cc1ccc(CN(C)C)cc1NC(=O)C(=O)N(C)CC[C@@H](C)O. The van der Waals surface area contributed by atoms with Gasteiger partial charge in [0.1, 0.15) is 0 Å². The van der Waals surface area contributed by atoms with Gasteiger partial charge in [0.15, 0.2) is 0 Å². The van der Waals surface area contributed by atoms with Crippen molar-refractivity contribution in [3.63, 3.8) is 0 Å². The number of rotatable bonds is 6. The van der Waals surface area contributed by atoms with Gasteiger partial charge in [0.05, 0.1) is 6.10 Å².